The van der Waals surface area contributed by atoms with Crippen molar-refractivity contribution in [1.29, 1.82) is 0 Å². The molecule has 86 valence electrons. The molecule has 0 aliphatic rings. The van der Waals surface area contributed by atoms with Crippen LogP contribution in [0.15, 0.2) is 34.9 Å². The highest BCUT2D eigenvalue weighted by atomic mass is 16.3. The van der Waals surface area contributed by atoms with Crippen LogP contribution in [0.4, 0.5) is 0 Å². The van der Waals surface area contributed by atoms with Crippen LogP contribution in [0.3, 0.4) is 0 Å². The van der Waals surface area contributed by atoms with Crippen molar-refractivity contribution in [2.45, 2.75) is 19.4 Å². The number of rotatable bonds is 6. The van der Waals surface area contributed by atoms with Gasteiger partial charge in [-0.3, -0.25) is 0 Å². The van der Waals surface area contributed by atoms with Gasteiger partial charge in [0.15, 0.2) is 0 Å². The minimum Gasteiger partial charge on any atom is -0.464 e. The highest BCUT2D eigenvalue weighted by molar-refractivity contribution is 5.80. The first-order valence-corrected chi connectivity index (χ1v) is 5.68. The molecule has 0 spiro atoms. The topological polar surface area (TPSA) is 45.4 Å². The van der Waals surface area contributed by atoms with Crippen LogP contribution in [-0.2, 0) is 6.54 Å². The second kappa shape index (κ2) is 5.68. The Hall–Kier alpha value is -1.32. The number of hydrogen-bond donors (Lipinski definition) is 2. The molecule has 0 aliphatic carbocycles. The molecule has 1 aromatic heterocycles. The lowest BCUT2D eigenvalue weighted by Crippen LogP contribution is -2.14. The van der Waals surface area contributed by atoms with Crippen molar-refractivity contribution in [2.24, 2.45) is 0 Å². The van der Waals surface area contributed by atoms with Gasteiger partial charge in [0.25, 0.3) is 0 Å². The van der Waals surface area contributed by atoms with Gasteiger partial charge in [0.1, 0.15) is 5.58 Å². The minimum absolute atomic E-state index is 0.274. The van der Waals surface area contributed by atoms with Gasteiger partial charge in [0.2, 0.25) is 0 Å². The molecule has 3 nitrogen and oxygen atoms in total. The summed E-state index contributed by atoms with van der Waals surface area (Å²) in [5.74, 6) is 0. The van der Waals surface area contributed by atoms with Crippen molar-refractivity contribution in [1.82, 2.24) is 5.32 Å². The molecule has 0 unspecified atom stereocenters. The maximum Gasteiger partial charge on any atom is 0.134 e. The molecule has 0 saturated carbocycles. The van der Waals surface area contributed by atoms with Crippen LogP contribution in [0.5, 0.6) is 0 Å². The lowest BCUT2D eigenvalue weighted by molar-refractivity contribution is 0.283. The molecule has 2 rings (SSSR count). The second-order valence-electron chi connectivity index (χ2n) is 3.86. The van der Waals surface area contributed by atoms with Gasteiger partial charge >= 0.3 is 0 Å². The molecule has 16 heavy (non-hydrogen) atoms. The van der Waals surface area contributed by atoms with E-state index in [1.807, 2.05) is 24.5 Å². The predicted molar refractivity (Wildman–Crippen MR) is 64.2 cm³/mol. The molecule has 0 aliphatic heterocycles. The van der Waals surface area contributed by atoms with Crippen molar-refractivity contribution in [3.63, 3.8) is 0 Å². The van der Waals surface area contributed by atoms with E-state index in [4.69, 9.17) is 9.52 Å². The van der Waals surface area contributed by atoms with E-state index in [0.717, 1.165) is 31.5 Å². The maximum absolute atomic E-state index is 8.65. The normalized spacial score (nSPS) is 11.1. The standard InChI is InChI=1S/C13H17NO2/c15-8-4-3-7-14-9-11-10-16-13-6-2-1-5-12(11)13/h1-2,5-6,10,14-15H,3-4,7-9H2. The van der Waals surface area contributed by atoms with E-state index in [1.54, 1.807) is 0 Å². The third-order valence-electron chi connectivity index (χ3n) is 2.64. The number of nitrogens with one attached hydrogen (secondary N) is 1. The molecule has 1 heterocycles. The minimum atomic E-state index is 0.274. The smallest absolute Gasteiger partial charge is 0.134 e. The molecular weight excluding hydrogens is 202 g/mol. The Bertz CT molecular complexity index is 436. The van der Waals surface area contributed by atoms with Gasteiger partial charge < -0.3 is 14.8 Å². The zero-order valence-electron chi connectivity index (χ0n) is 9.28. The van der Waals surface area contributed by atoms with Crippen LogP contribution < -0.4 is 5.32 Å². The van der Waals surface area contributed by atoms with Gasteiger partial charge in [-0.2, -0.15) is 0 Å². The Morgan fingerprint density at radius 3 is 2.94 bits per heavy atom. The molecule has 0 radical (unpaired) electrons. The zero-order valence-corrected chi connectivity index (χ0v) is 9.28. The Labute approximate surface area is 95.1 Å². The van der Waals surface area contributed by atoms with Gasteiger partial charge in [0.05, 0.1) is 6.26 Å². The quantitative estimate of drug-likeness (QED) is 0.733. The first-order chi connectivity index (χ1) is 7.92. The molecule has 0 atom stereocenters. The van der Waals surface area contributed by atoms with Crippen LogP contribution in [0.2, 0.25) is 0 Å². The van der Waals surface area contributed by atoms with Crippen molar-refractivity contribution in [2.75, 3.05) is 13.2 Å². The van der Waals surface area contributed by atoms with Gasteiger partial charge in [-0.05, 0) is 25.5 Å². The monoisotopic (exact) mass is 219 g/mol. The molecular formula is C13H17NO2. The maximum atomic E-state index is 8.65. The van der Waals surface area contributed by atoms with E-state index in [9.17, 15) is 0 Å². The molecule has 1 aromatic carbocycles. The van der Waals surface area contributed by atoms with Crippen molar-refractivity contribution in [3.05, 3.63) is 36.1 Å². The van der Waals surface area contributed by atoms with E-state index in [-0.39, 0.29) is 6.61 Å². The highest BCUT2D eigenvalue weighted by Gasteiger charge is 2.03. The predicted octanol–water partition coefficient (Wildman–Crippen LogP) is 2.29. The number of benzene rings is 1. The van der Waals surface area contributed by atoms with E-state index >= 15 is 0 Å². The molecule has 0 saturated heterocycles. The van der Waals surface area contributed by atoms with E-state index < -0.39 is 0 Å². The molecule has 0 fully saturated rings. The fourth-order valence-electron chi connectivity index (χ4n) is 1.75. The van der Waals surface area contributed by atoms with Crippen LogP contribution in [0, 0.1) is 0 Å². The number of fused-ring (bicyclic) bond motifs is 1. The van der Waals surface area contributed by atoms with Crippen LogP contribution >= 0.6 is 0 Å². The average Bonchev–Trinajstić information content (AvgIpc) is 2.73. The third-order valence-corrected chi connectivity index (χ3v) is 2.64. The molecule has 0 bridgehead atoms. The van der Waals surface area contributed by atoms with Crippen LogP contribution in [0.25, 0.3) is 11.0 Å². The largest absolute Gasteiger partial charge is 0.464 e. The summed E-state index contributed by atoms with van der Waals surface area (Å²) >= 11 is 0. The Balaban J connectivity index is 1.89. The fourth-order valence-corrected chi connectivity index (χ4v) is 1.75. The Kier molecular flexibility index (Phi) is 3.97. The summed E-state index contributed by atoms with van der Waals surface area (Å²) in [6.45, 7) is 2.03. The van der Waals surface area contributed by atoms with Crippen LogP contribution in [0.1, 0.15) is 18.4 Å². The molecule has 2 N–H and O–H groups in total. The summed E-state index contributed by atoms with van der Waals surface area (Å²) in [6, 6.07) is 8.05. The summed E-state index contributed by atoms with van der Waals surface area (Å²) < 4.78 is 5.45. The van der Waals surface area contributed by atoms with Crippen LogP contribution in [-0.4, -0.2) is 18.3 Å². The first kappa shape index (κ1) is 11.2. The van der Waals surface area contributed by atoms with Gasteiger partial charge in [0, 0.05) is 24.1 Å². The summed E-state index contributed by atoms with van der Waals surface area (Å²) in [4.78, 5) is 0. The second-order valence-corrected chi connectivity index (χ2v) is 3.86. The number of aliphatic hydroxyl groups is 1. The summed E-state index contributed by atoms with van der Waals surface area (Å²) in [7, 11) is 0. The number of para-hydroxylation sites is 1. The molecule has 2 aromatic rings. The Morgan fingerprint density at radius 2 is 2.06 bits per heavy atom. The Morgan fingerprint density at radius 1 is 1.19 bits per heavy atom. The number of furan rings is 1. The van der Waals surface area contributed by atoms with E-state index in [1.165, 1.54) is 10.9 Å². The SMILES string of the molecule is OCCCCNCc1coc2ccccc12. The van der Waals surface area contributed by atoms with E-state index in [2.05, 4.69) is 11.4 Å². The molecule has 3 heteroatoms. The molecule has 0 amide bonds. The van der Waals surface area contributed by atoms with Gasteiger partial charge in [-0.1, -0.05) is 18.2 Å². The summed E-state index contributed by atoms with van der Waals surface area (Å²) in [6.07, 6.45) is 3.68. The summed E-state index contributed by atoms with van der Waals surface area (Å²) in [5.41, 5.74) is 2.13. The fraction of sp³-hybridized carbons (Fsp3) is 0.385. The zero-order chi connectivity index (χ0) is 11.2. The lowest BCUT2D eigenvalue weighted by atomic mass is 10.2. The number of unbranched alkanes of at least 4 members (excludes halogenated alkanes) is 1. The van der Waals surface area contributed by atoms with Crippen molar-refractivity contribution < 1.29 is 9.52 Å². The first-order valence-electron chi connectivity index (χ1n) is 5.68. The highest BCUT2D eigenvalue weighted by Crippen LogP contribution is 2.20. The average molecular weight is 219 g/mol. The number of hydrogen-bond acceptors (Lipinski definition) is 3. The summed E-state index contributed by atoms with van der Waals surface area (Å²) in [5, 5.41) is 13.2. The lowest BCUT2D eigenvalue weighted by Gasteiger charge is -2.02. The number of aliphatic hydroxyl groups excluding tert-OH is 1. The van der Waals surface area contributed by atoms with E-state index in [0.29, 0.717) is 0 Å². The van der Waals surface area contributed by atoms with Gasteiger partial charge in [-0.15, -0.1) is 0 Å². The third kappa shape index (κ3) is 2.62. The van der Waals surface area contributed by atoms with Crippen molar-refractivity contribution >= 4 is 11.0 Å². The van der Waals surface area contributed by atoms with Crippen molar-refractivity contribution in [3.8, 4) is 0 Å². The van der Waals surface area contributed by atoms with Gasteiger partial charge in [-0.25, -0.2) is 0 Å².